The molecule has 24 heavy (non-hydrogen) atoms. The van der Waals surface area contributed by atoms with E-state index in [4.69, 9.17) is 35.4 Å². The number of carbonyl (C=O) groups is 2. The normalized spacial score (nSPS) is 10.2. The number of carbonyl (C=O) groups excluding carboxylic acids is 2. The van der Waals surface area contributed by atoms with Gasteiger partial charge < -0.3 is 10.6 Å². The molecule has 0 heterocycles. The van der Waals surface area contributed by atoms with Gasteiger partial charge in [0.1, 0.15) is 0 Å². The summed E-state index contributed by atoms with van der Waals surface area (Å²) >= 11 is 16.7. The van der Waals surface area contributed by atoms with Crippen LogP contribution in [0.5, 0.6) is 0 Å². The summed E-state index contributed by atoms with van der Waals surface area (Å²) in [7, 11) is 0. The molecule has 0 saturated carbocycles. The van der Waals surface area contributed by atoms with Gasteiger partial charge in [-0.1, -0.05) is 37.0 Å². The predicted molar refractivity (Wildman–Crippen MR) is 100 cm³/mol. The smallest absolute Gasteiger partial charge is 0.257 e. The highest BCUT2D eigenvalue weighted by Gasteiger charge is 2.12. The molecule has 0 unspecified atom stereocenters. The molecule has 0 aromatic heterocycles. The minimum Gasteiger partial charge on any atom is -0.361 e. The second kappa shape index (κ2) is 10.3. The van der Waals surface area contributed by atoms with Crippen molar-refractivity contribution in [3.8, 4) is 0 Å². The topological polar surface area (TPSA) is 82.3 Å². The zero-order chi connectivity index (χ0) is 18.1. The molecule has 1 aromatic carbocycles. The SMILES string of the molecule is CC(C)CCNC(=S)NNC(=O)CNC(=O)c1ccc(Cl)cc1Cl. The van der Waals surface area contributed by atoms with Gasteiger partial charge in [-0.3, -0.25) is 20.4 Å². The zero-order valence-electron chi connectivity index (χ0n) is 13.4. The number of nitrogens with one attached hydrogen (secondary N) is 4. The Morgan fingerprint density at radius 3 is 2.50 bits per heavy atom. The maximum absolute atomic E-state index is 11.9. The zero-order valence-corrected chi connectivity index (χ0v) is 15.7. The van der Waals surface area contributed by atoms with Gasteiger partial charge in [0.2, 0.25) is 0 Å². The molecule has 0 saturated heterocycles. The number of rotatable bonds is 6. The molecule has 132 valence electrons. The molecule has 0 spiro atoms. The number of hydrogen-bond donors (Lipinski definition) is 4. The lowest BCUT2D eigenvalue weighted by atomic mass is 10.1. The highest BCUT2D eigenvalue weighted by atomic mass is 35.5. The summed E-state index contributed by atoms with van der Waals surface area (Å²) in [5, 5.41) is 6.38. The van der Waals surface area contributed by atoms with E-state index in [-0.39, 0.29) is 17.1 Å². The van der Waals surface area contributed by atoms with Crippen molar-refractivity contribution in [3.05, 3.63) is 33.8 Å². The molecule has 1 rings (SSSR count). The van der Waals surface area contributed by atoms with E-state index in [1.165, 1.54) is 12.1 Å². The van der Waals surface area contributed by atoms with Crippen molar-refractivity contribution in [3.63, 3.8) is 0 Å². The summed E-state index contributed by atoms with van der Waals surface area (Å²) in [6.45, 7) is 4.70. The number of hydrogen-bond acceptors (Lipinski definition) is 3. The van der Waals surface area contributed by atoms with Crippen molar-refractivity contribution in [2.24, 2.45) is 5.92 Å². The summed E-state index contributed by atoms with van der Waals surface area (Å²) in [6.07, 6.45) is 0.966. The van der Waals surface area contributed by atoms with Crippen LogP contribution in [0.25, 0.3) is 0 Å². The minimum absolute atomic E-state index is 0.217. The number of halogens is 2. The van der Waals surface area contributed by atoms with Gasteiger partial charge in [0, 0.05) is 11.6 Å². The summed E-state index contributed by atoms with van der Waals surface area (Å²) in [5.41, 5.74) is 5.20. The maximum atomic E-state index is 11.9. The quantitative estimate of drug-likeness (QED) is 0.442. The van der Waals surface area contributed by atoms with E-state index in [0.717, 1.165) is 6.42 Å². The number of amides is 2. The van der Waals surface area contributed by atoms with Gasteiger partial charge in [-0.15, -0.1) is 0 Å². The number of benzene rings is 1. The lowest BCUT2D eigenvalue weighted by Crippen LogP contribution is -2.50. The van der Waals surface area contributed by atoms with Crippen molar-refractivity contribution in [1.29, 1.82) is 0 Å². The number of hydrazine groups is 1. The fourth-order valence-electron chi connectivity index (χ4n) is 1.62. The van der Waals surface area contributed by atoms with Gasteiger partial charge in [0.05, 0.1) is 17.1 Å². The van der Waals surface area contributed by atoms with Crippen LogP contribution in [0.15, 0.2) is 18.2 Å². The van der Waals surface area contributed by atoms with Crippen molar-refractivity contribution in [2.45, 2.75) is 20.3 Å². The van der Waals surface area contributed by atoms with Crippen LogP contribution < -0.4 is 21.5 Å². The lowest BCUT2D eigenvalue weighted by Gasteiger charge is -2.13. The Hall–Kier alpha value is -1.57. The highest BCUT2D eigenvalue weighted by molar-refractivity contribution is 7.80. The Kier molecular flexibility index (Phi) is 8.81. The fraction of sp³-hybridized carbons (Fsp3) is 0.400. The number of thiocarbonyl (C=S) groups is 1. The Labute approximate surface area is 156 Å². The third-order valence-corrected chi connectivity index (χ3v) is 3.70. The highest BCUT2D eigenvalue weighted by Crippen LogP contribution is 2.20. The summed E-state index contributed by atoms with van der Waals surface area (Å²) in [5.74, 6) is -0.351. The van der Waals surface area contributed by atoms with Gasteiger partial charge >= 0.3 is 0 Å². The van der Waals surface area contributed by atoms with E-state index in [9.17, 15) is 9.59 Å². The second-order valence-corrected chi connectivity index (χ2v) is 6.67. The van der Waals surface area contributed by atoms with E-state index < -0.39 is 11.8 Å². The van der Waals surface area contributed by atoms with Crippen LogP contribution in [-0.4, -0.2) is 30.0 Å². The molecule has 9 heteroatoms. The molecule has 0 aliphatic carbocycles. The van der Waals surface area contributed by atoms with Gasteiger partial charge in [-0.05, 0) is 42.8 Å². The lowest BCUT2D eigenvalue weighted by molar-refractivity contribution is -0.120. The van der Waals surface area contributed by atoms with Crippen LogP contribution >= 0.6 is 35.4 Å². The molecular formula is C15H20Cl2N4O2S. The molecule has 0 bridgehead atoms. The molecule has 0 aliphatic rings. The van der Waals surface area contributed by atoms with Crippen LogP contribution in [0, 0.1) is 5.92 Å². The van der Waals surface area contributed by atoms with Crippen molar-refractivity contribution in [2.75, 3.05) is 13.1 Å². The van der Waals surface area contributed by atoms with Crippen molar-refractivity contribution < 1.29 is 9.59 Å². The fourth-order valence-corrected chi connectivity index (χ4v) is 2.27. The van der Waals surface area contributed by atoms with E-state index in [1.54, 1.807) is 6.07 Å². The Morgan fingerprint density at radius 2 is 1.88 bits per heavy atom. The van der Waals surface area contributed by atoms with Gasteiger partial charge in [0.25, 0.3) is 11.8 Å². The van der Waals surface area contributed by atoms with E-state index in [1.807, 2.05) is 0 Å². The van der Waals surface area contributed by atoms with Gasteiger partial charge in [-0.25, -0.2) is 0 Å². The molecule has 0 fully saturated rings. The molecule has 0 aliphatic heterocycles. The summed E-state index contributed by atoms with van der Waals surface area (Å²) < 4.78 is 0. The molecular weight excluding hydrogens is 371 g/mol. The predicted octanol–water partition coefficient (Wildman–Crippen LogP) is 2.26. The van der Waals surface area contributed by atoms with Crippen LogP contribution in [0.1, 0.15) is 30.6 Å². The molecule has 2 amide bonds. The van der Waals surface area contributed by atoms with Crippen molar-refractivity contribution >= 4 is 52.3 Å². The molecule has 0 atom stereocenters. The third-order valence-electron chi connectivity index (χ3n) is 2.91. The average molecular weight is 391 g/mol. The van der Waals surface area contributed by atoms with Crippen LogP contribution in [0.2, 0.25) is 10.0 Å². The van der Waals surface area contributed by atoms with Crippen LogP contribution in [0.4, 0.5) is 0 Å². The average Bonchev–Trinajstić information content (AvgIpc) is 2.50. The molecule has 6 nitrogen and oxygen atoms in total. The first-order valence-electron chi connectivity index (χ1n) is 7.35. The van der Waals surface area contributed by atoms with Crippen molar-refractivity contribution in [1.82, 2.24) is 21.5 Å². The van der Waals surface area contributed by atoms with E-state index in [0.29, 0.717) is 22.6 Å². The molecule has 4 N–H and O–H groups in total. The van der Waals surface area contributed by atoms with Gasteiger partial charge in [-0.2, -0.15) is 0 Å². The van der Waals surface area contributed by atoms with Gasteiger partial charge in [0.15, 0.2) is 5.11 Å². The van der Waals surface area contributed by atoms with E-state index in [2.05, 4.69) is 35.3 Å². The Balaban J connectivity index is 2.30. The van der Waals surface area contributed by atoms with E-state index >= 15 is 0 Å². The minimum atomic E-state index is -0.468. The first-order chi connectivity index (χ1) is 11.3. The first kappa shape index (κ1) is 20.5. The second-order valence-electron chi connectivity index (χ2n) is 5.42. The third kappa shape index (κ3) is 7.81. The van der Waals surface area contributed by atoms with Crippen LogP contribution in [-0.2, 0) is 4.79 Å². The standard InChI is InChI=1S/C15H20Cl2N4O2S/c1-9(2)5-6-18-15(24)21-20-13(22)8-19-14(23)11-4-3-10(16)7-12(11)17/h3-4,7,9H,5-6,8H2,1-2H3,(H,19,23)(H,20,22)(H2,18,21,24). The Bertz CT molecular complexity index is 611. The maximum Gasteiger partial charge on any atom is 0.257 e. The Morgan fingerprint density at radius 1 is 1.17 bits per heavy atom. The first-order valence-corrected chi connectivity index (χ1v) is 8.52. The molecule has 1 aromatic rings. The summed E-state index contributed by atoms with van der Waals surface area (Å²) in [6, 6.07) is 4.50. The van der Waals surface area contributed by atoms with Crippen LogP contribution in [0.3, 0.4) is 0 Å². The molecule has 0 radical (unpaired) electrons. The summed E-state index contributed by atoms with van der Waals surface area (Å²) in [4.78, 5) is 23.6. The largest absolute Gasteiger partial charge is 0.361 e. The monoisotopic (exact) mass is 390 g/mol.